The highest BCUT2D eigenvalue weighted by Crippen LogP contribution is 2.31. The minimum Gasteiger partial charge on any atom is -0.443 e. The number of aryl methyl sites for hydroxylation is 1. The van der Waals surface area contributed by atoms with Gasteiger partial charge in [-0.2, -0.15) is 0 Å². The molecule has 0 bridgehead atoms. The molecule has 5 heteroatoms. The van der Waals surface area contributed by atoms with Crippen LogP contribution in [-0.2, 0) is 9.53 Å². The molecule has 0 aromatic heterocycles. The molecule has 1 aliphatic rings. The van der Waals surface area contributed by atoms with Gasteiger partial charge in [-0.15, -0.1) is 0 Å². The fourth-order valence-corrected chi connectivity index (χ4v) is 1.87. The number of amides is 2. The Hall–Kier alpha value is -2.04. The zero-order valence-electron chi connectivity index (χ0n) is 11.6. The number of nitrogens with one attached hydrogen (secondary N) is 1. The third kappa shape index (κ3) is 3.05. The monoisotopic (exact) mass is 262 g/mol. The van der Waals surface area contributed by atoms with Gasteiger partial charge in [-0.25, -0.2) is 4.79 Å². The zero-order valence-corrected chi connectivity index (χ0v) is 11.6. The normalized spacial score (nSPS) is 14.7. The molecule has 102 valence electrons. The Labute approximate surface area is 112 Å². The van der Waals surface area contributed by atoms with Gasteiger partial charge in [0.05, 0.1) is 11.4 Å². The van der Waals surface area contributed by atoms with E-state index >= 15 is 0 Å². The maximum Gasteiger partial charge on any atom is 0.415 e. The first kappa shape index (κ1) is 13.4. The molecule has 2 rings (SSSR count). The highest BCUT2D eigenvalue weighted by atomic mass is 16.6. The largest absolute Gasteiger partial charge is 0.443 e. The Bertz CT molecular complexity index is 532. The van der Waals surface area contributed by atoms with Crippen LogP contribution >= 0.6 is 0 Å². The molecule has 0 saturated heterocycles. The lowest BCUT2D eigenvalue weighted by Crippen LogP contribution is -2.44. The second-order valence-electron chi connectivity index (χ2n) is 5.64. The van der Waals surface area contributed by atoms with Crippen molar-refractivity contribution in [2.24, 2.45) is 0 Å². The van der Waals surface area contributed by atoms with E-state index in [2.05, 4.69) is 5.32 Å². The molecule has 19 heavy (non-hydrogen) atoms. The van der Waals surface area contributed by atoms with Crippen molar-refractivity contribution in [2.75, 3.05) is 16.8 Å². The molecular formula is C14H18N2O3. The number of nitrogens with zero attached hydrogens (tertiary/aromatic N) is 1. The van der Waals surface area contributed by atoms with Crippen LogP contribution in [0.5, 0.6) is 0 Å². The third-order valence-corrected chi connectivity index (χ3v) is 2.63. The first-order valence-electron chi connectivity index (χ1n) is 6.17. The van der Waals surface area contributed by atoms with Crippen LogP contribution in [-0.4, -0.2) is 24.1 Å². The van der Waals surface area contributed by atoms with Gasteiger partial charge in [-0.1, -0.05) is 6.07 Å². The molecule has 1 aromatic rings. The van der Waals surface area contributed by atoms with E-state index in [4.69, 9.17) is 4.74 Å². The fraction of sp³-hybridized carbons (Fsp3) is 0.429. The Morgan fingerprint density at radius 2 is 2.05 bits per heavy atom. The number of fused-ring (bicyclic) bond motifs is 1. The molecule has 0 spiro atoms. The molecule has 0 saturated carbocycles. The van der Waals surface area contributed by atoms with E-state index in [0.29, 0.717) is 11.4 Å². The molecule has 0 aliphatic carbocycles. The van der Waals surface area contributed by atoms with Gasteiger partial charge in [-0.05, 0) is 45.4 Å². The van der Waals surface area contributed by atoms with Gasteiger partial charge in [0.15, 0.2) is 0 Å². The van der Waals surface area contributed by atoms with E-state index in [1.807, 2.05) is 19.1 Å². The summed E-state index contributed by atoms with van der Waals surface area (Å²) in [5.41, 5.74) is 1.74. The molecule has 1 aromatic carbocycles. The van der Waals surface area contributed by atoms with Gasteiger partial charge in [0.1, 0.15) is 12.1 Å². The summed E-state index contributed by atoms with van der Waals surface area (Å²) in [4.78, 5) is 25.2. The van der Waals surface area contributed by atoms with Crippen LogP contribution in [0.4, 0.5) is 16.2 Å². The molecular weight excluding hydrogens is 244 g/mol. The first-order valence-corrected chi connectivity index (χ1v) is 6.17. The number of hydrogen-bond donors (Lipinski definition) is 1. The van der Waals surface area contributed by atoms with E-state index in [0.717, 1.165) is 5.56 Å². The lowest BCUT2D eigenvalue weighted by Gasteiger charge is -2.31. The summed E-state index contributed by atoms with van der Waals surface area (Å²) < 4.78 is 5.33. The van der Waals surface area contributed by atoms with Crippen molar-refractivity contribution >= 4 is 23.4 Å². The topological polar surface area (TPSA) is 58.6 Å². The maximum atomic E-state index is 12.2. The van der Waals surface area contributed by atoms with Gasteiger partial charge in [0.25, 0.3) is 0 Å². The van der Waals surface area contributed by atoms with E-state index in [9.17, 15) is 9.59 Å². The van der Waals surface area contributed by atoms with Crippen molar-refractivity contribution in [3.63, 3.8) is 0 Å². The number of ether oxygens (including phenoxy) is 1. The smallest absolute Gasteiger partial charge is 0.415 e. The van der Waals surface area contributed by atoms with Crippen molar-refractivity contribution in [3.8, 4) is 0 Å². The van der Waals surface area contributed by atoms with Crippen molar-refractivity contribution in [3.05, 3.63) is 23.8 Å². The number of anilines is 2. The lowest BCUT2D eigenvalue weighted by atomic mass is 10.1. The summed E-state index contributed by atoms with van der Waals surface area (Å²) in [5, 5.41) is 2.75. The van der Waals surface area contributed by atoms with Crippen LogP contribution in [0.1, 0.15) is 26.3 Å². The van der Waals surface area contributed by atoms with Gasteiger partial charge in [0.2, 0.25) is 5.91 Å². The quantitative estimate of drug-likeness (QED) is 0.782. The molecule has 0 fully saturated rings. The van der Waals surface area contributed by atoms with Crippen LogP contribution < -0.4 is 10.2 Å². The van der Waals surface area contributed by atoms with Crippen LogP contribution in [0.3, 0.4) is 0 Å². The molecule has 0 atom stereocenters. The van der Waals surface area contributed by atoms with Crippen molar-refractivity contribution in [1.29, 1.82) is 0 Å². The van der Waals surface area contributed by atoms with Crippen molar-refractivity contribution < 1.29 is 14.3 Å². The Morgan fingerprint density at radius 1 is 1.37 bits per heavy atom. The van der Waals surface area contributed by atoms with E-state index in [1.165, 1.54) is 4.90 Å². The van der Waals surface area contributed by atoms with Crippen LogP contribution in [0.2, 0.25) is 0 Å². The Kier molecular flexibility index (Phi) is 3.22. The van der Waals surface area contributed by atoms with Gasteiger partial charge in [0, 0.05) is 0 Å². The minimum absolute atomic E-state index is 0.0225. The maximum absolute atomic E-state index is 12.2. The molecule has 5 nitrogen and oxygen atoms in total. The van der Waals surface area contributed by atoms with Gasteiger partial charge in [-0.3, -0.25) is 9.69 Å². The SMILES string of the molecule is Cc1ccc2c(c1)N(C(=O)OC(C)(C)C)CC(=O)N2. The van der Waals surface area contributed by atoms with Crippen LogP contribution in [0.25, 0.3) is 0 Å². The molecule has 1 heterocycles. The van der Waals surface area contributed by atoms with Crippen molar-refractivity contribution in [2.45, 2.75) is 33.3 Å². The summed E-state index contributed by atoms with van der Waals surface area (Å²) in [6.07, 6.45) is -0.505. The summed E-state index contributed by atoms with van der Waals surface area (Å²) in [5.74, 6) is -0.220. The van der Waals surface area contributed by atoms with Crippen LogP contribution in [0, 0.1) is 6.92 Å². The first-order chi connectivity index (χ1) is 8.76. The number of hydrogen-bond acceptors (Lipinski definition) is 3. The summed E-state index contributed by atoms with van der Waals surface area (Å²) in [6, 6.07) is 5.54. The summed E-state index contributed by atoms with van der Waals surface area (Å²) in [6.45, 7) is 7.31. The van der Waals surface area contributed by atoms with Gasteiger partial charge < -0.3 is 10.1 Å². The predicted octanol–water partition coefficient (Wildman–Crippen LogP) is 2.69. The summed E-state index contributed by atoms with van der Waals surface area (Å²) >= 11 is 0. The number of carbonyl (C=O) groups is 2. The average Bonchev–Trinajstić information content (AvgIpc) is 2.26. The van der Waals surface area contributed by atoms with E-state index < -0.39 is 11.7 Å². The molecule has 0 unspecified atom stereocenters. The predicted molar refractivity (Wildman–Crippen MR) is 73.4 cm³/mol. The molecule has 2 amide bonds. The average molecular weight is 262 g/mol. The van der Waals surface area contributed by atoms with Crippen molar-refractivity contribution in [1.82, 2.24) is 0 Å². The standard InChI is InChI=1S/C14H18N2O3/c1-9-5-6-10-11(7-9)16(8-12(17)15-10)13(18)19-14(2,3)4/h5-7H,8H2,1-4H3,(H,15,17). The second-order valence-corrected chi connectivity index (χ2v) is 5.64. The number of benzene rings is 1. The lowest BCUT2D eigenvalue weighted by molar-refractivity contribution is -0.115. The number of carbonyl (C=O) groups excluding carboxylic acids is 2. The van der Waals surface area contributed by atoms with Crippen LogP contribution in [0.15, 0.2) is 18.2 Å². The highest BCUT2D eigenvalue weighted by molar-refractivity contribution is 6.08. The third-order valence-electron chi connectivity index (χ3n) is 2.63. The summed E-state index contributed by atoms with van der Waals surface area (Å²) in [7, 11) is 0. The highest BCUT2D eigenvalue weighted by Gasteiger charge is 2.30. The number of rotatable bonds is 0. The second kappa shape index (κ2) is 4.57. The minimum atomic E-state index is -0.588. The van der Waals surface area contributed by atoms with E-state index in [1.54, 1.807) is 26.8 Å². The molecule has 1 N–H and O–H groups in total. The van der Waals surface area contributed by atoms with Gasteiger partial charge >= 0.3 is 6.09 Å². The zero-order chi connectivity index (χ0) is 14.2. The fourth-order valence-electron chi connectivity index (χ4n) is 1.87. The Balaban J connectivity index is 2.34. The molecule has 0 radical (unpaired) electrons. The molecule has 1 aliphatic heterocycles. The van der Waals surface area contributed by atoms with E-state index in [-0.39, 0.29) is 12.5 Å². The Morgan fingerprint density at radius 3 is 2.68 bits per heavy atom.